The maximum Gasteiger partial charge on any atom is 0.287 e. The number of likely N-dealkylation sites (tertiary alicyclic amines) is 1. The Labute approximate surface area is 212 Å². The predicted octanol–water partition coefficient (Wildman–Crippen LogP) is 2.44. The smallest absolute Gasteiger partial charge is 0.287 e. The normalized spacial score (nSPS) is 20.1. The highest BCUT2D eigenvalue weighted by Gasteiger charge is 2.32. The molecule has 190 valence electrons. The van der Waals surface area contributed by atoms with Crippen molar-refractivity contribution in [3.05, 3.63) is 66.0 Å². The molecule has 3 aromatic rings. The molecule has 0 saturated carbocycles. The second-order valence-electron chi connectivity index (χ2n) is 10.1. The minimum Gasteiger partial charge on any atom is -0.340 e. The largest absolute Gasteiger partial charge is 0.340 e. The van der Waals surface area contributed by atoms with E-state index in [0.717, 1.165) is 36.2 Å². The number of nitrogens with zero attached hydrogens (tertiary/aromatic N) is 5. The molecule has 2 aliphatic rings. The molecule has 1 N–H and O–H groups in total. The number of rotatable bonds is 6. The van der Waals surface area contributed by atoms with Gasteiger partial charge in [0.1, 0.15) is 0 Å². The summed E-state index contributed by atoms with van der Waals surface area (Å²) in [6.07, 6.45) is 2.38. The number of amides is 2. The van der Waals surface area contributed by atoms with Crippen molar-refractivity contribution in [3.8, 4) is 0 Å². The first-order valence-electron chi connectivity index (χ1n) is 13.0. The van der Waals surface area contributed by atoms with Gasteiger partial charge in [0, 0.05) is 38.3 Å². The van der Waals surface area contributed by atoms with Crippen molar-refractivity contribution in [2.75, 3.05) is 46.3 Å². The summed E-state index contributed by atoms with van der Waals surface area (Å²) in [5.74, 6) is -0.0363. The minimum absolute atomic E-state index is 0.0195. The van der Waals surface area contributed by atoms with Gasteiger partial charge in [0.25, 0.3) is 5.91 Å². The Bertz CT molecular complexity index is 1200. The average molecular weight is 489 g/mol. The number of nitrogens with one attached hydrogen (secondary N) is 1. The third-order valence-electron chi connectivity index (χ3n) is 7.63. The number of carbonyl (C=O) groups is 2. The van der Waals surface area contributed by atoms with Gasteiger partial charge >= 0.3 is 0 Å². The molecule has 1 unspecified atom stereocenters. The Morgan fingerprint density at radius 1 is 0.972 bits per heavy atom. The van der Waals surface area contributed by atoms with Gasteiger partial charge in [-0.2, -0.15) is 0 Å². The molecule has 0 radical (unpaired) electrons. The van der Waals surface area contributed by atoms with E-state index in [1.165, 1.54) is 12.8 Å². The first-order valence-corrected chi connectivity index (χ1v) is 13.0. The lowest BCUT2D eigenvalue weighted by Crippen LogP contribution is -2.59. The second kappa shape index (κ2) is 10.8. The molecule has 1 atom stereocenters. The number of aromatic nitrogens is 2. The number of para-hydroxylation sites is 2. The number of piperidine rings is 1. The fourth-order valence-corrected chi connectivity index (χ4v) is 5.59. The fourth-order valence-electron chi connectivity index (χ4n) is 5.59. The molecule has 2 saturated heterocycles. The Kier molecular flexibility index (Phi) is 7.34. The van der Waals surface area contributed by atoms with E-state index in [1.54, 1.807) is 0 Å². The summed E-state index contributed by atoms with van der Waals surface area (Å²) < 4.78 is 1.92. The van der Waals surface area contributed by atoms with Crippen LogP contribution < -0.4 is 5.32 Å². The van der Waals surface area contributed by atoms with E-state index in [0.29, 0.717) is 37.5 Å². The fraction of sp³-hybridized carbons (Fsp3) is 0.464. The molecule has 5 rings (SSSR count). The summed E-state index contributed by atoms with van der Waals surface area (Å²) in [6.45, 7) is 7.30. The Hall–Kier alpha value is -3.23. The summed E-state index contributed by atoms with van der Waals surface area (Å²) in [5, 5.41) is 2.84. The Morgan fingerprint density at radius 2 is 1.69 bits per heavy atom. The number of piperazine rings is 1. The zero-order chi connectivity index (χ0) is 25.1. The highest BCUT2D eigenvalue weighted by Crippen LogP contribution is 2.21. The quantitative estimate of drug-likeness (QED) is 0.577. The second-order valence-corrected chi connectivity index (χ2v) is 10.1. The van der Waals surface area contributed by atoms with Crippen LogP contribution in [0, 0.1) is 0 Å². The molecule has 0 aliphatic carbocycles. The highest BCUT2D eigenvalue weighted by atomic mass is 16.2. The molecule has 2 aromatic carbocycles. The molecule has 3 heterocycles. The molecule has 36 heavy (non-hydrogen) atoms. The number of fused-ring (bicyclic) bond motifs is 1. The standard InChI is InChI=1S/C28H36N6O2/c1-21-19-32(16-17-33(21)23-12-14-31(2)15-13-23)26(35)18-29-28(36)27-30-24-10-6-7-11-25(24)34(27)20-22-8-4-3-5-9-22/h3-11,21,23H,12-20H2,1-2H3,(H,29,36). The predicted molar refractivity (Wildman–Crippen MR) is 141 cm³/mol. The van der Waals surface area contributed by atoms with Crippen molar-refractivity contribution in [2.45, 2.75) is 38.4 Å². The van der Waals surface area contributed by atoms with Crippen molar-refractivity contribution in [2.24, 2.45) is 0 Å². The molecule has 8 nitrogen and oxygen atoms in total. The van der Waals surface area contributed by atoms with Crippen LogP contribution >= 0.6 is 0 Å². The minimum atomic E-state index is -0.325. The van der Waals surface area contributed by atoms with E-state index in [1.807, 2.05) is 64.1 Å². The first kappa shape index (κ1) is 24.5. The van der Waals surface area contributed by atoms with Crippen molar-refractivity contribution in [3.63, 3.8) is 0 Å². The third-order valence-corrected chi connectivity index (χ3v) is 7.63. The first-order chi connectivity index (χ1) is 17.5. The van der Waals surface area contributed by atoms with Crippen LogP contribution in [0.25, 0.3) is 11.0 Å². The lowest BCUT2D eigenvalue weighted by atomic mass is 10.00. The molecule has 0 spiro atoms. The third kappa shape index (κ3) is 5.29. The maximum absolute atomic E-state index is 13.2. The van der Waals surface area contributed by atoms with Gasteiger partial charge in [0.15, 0.2) is 5.82 Å². The Morgan fingerprint density at radius 3 is 2.44 bits per heavy atom. The number of carbonyl (C=O) groups excluding carboxylic acids is 2. The number of hydrogen-bond donors (Lipinski definition) is 1. The van der Waals surface area contributed by atoms with E-state index in [4.69, 9.17) is 0 Å². The van der Waals surface area contributed by atoms with Crippen LogP contribution in [-0.2, 0) is 11.3 Å². The van der Waals surface area contributed by atoms with Gasteiger partial charge in [0.05, 0.1) is 17.6 Å². The van der Waals surface area contributed by atoms with E-state index >= 15 is 0 Å². The average Bonchev–Trinajstić information content (AvgIpc) is 3.26. The van der Waals surface area contributed by atoms with E-state index in [9.17, 15) is 9.59 Å². The highest BCUT2D eigenvalue weighted by molar-refractivity contribution is 5.96. The van der Waals surface area contributed by atoms with Gasteiger partial charge in [-0.25, -0.2) is 4.98 Å². The van der Waals surface area contributed by atoms with Crippen LogP contribution in [0.1, 0.15) is 35.9 Å². The molecule has 2 amide bonds. The van der Waals surface area contributed by atoms with Crippen LogP contribution in [0.2, 0.25) is 0 Å². The lowest BCUT2D eigenvalue weighted by Gasteiger charge is -2.46. The van der Waals surface area contributed by atoms with Crippen LogP contribution in [0.5, 0.6) is 0 Å². The summed E-state index contributed by atoms with van der Waals surface area (Å²) >= 11 is 0. The zero-order valence-electron chi connectivity index (χ0n) is 21.3. The molecule has 2 fully saturated rings. The topological polar surface area (TPSA) is 73.7 Å². The summed E-state index contributed by atoms with van der Waals surface area (Å²) in [7, 11) is 2.18. The van der Waals surface area contributed by atoms with E-state index < -0.39 is 0 Å². The number of hydrogen-bond acceptors (Lipinski definition) is 5. The van der Waals surface area contributed by atoms with Crippen molar-refractivity contribution >= 4 is 22.8 Å². The summed E-state index contributed by atoms with van der Waals surface area (Å²) in [6, 6.07) is 18.7. The lowest BCUT2D eigenvalue weighted by molar-refractivity contribution is -0.133. The summed E-state index contributed by atoms with van der Waals surface area (Å²) in [4.78, 5) is 37.6. The van der Waals surface area contributed by atoms with Crippen molar-refractivity contribution in [1.29, 1.82) is 0 Å². The molecule has 1 aromatic heterocycles. The summed E-state index contributed by atoms with van der Waals surface area (Å²) in [5.41, 5.74) is 2.75. The van der Waals surface area contributed by atoms with Gasteiger partial charge in [-0.3, -0.25) is 14.5 Å². The SMILES string of the molecule is CC1CN(C(=O)CNC(=O)c2nc3ccccc3n2Cc2ccccc2)CCN1C1CCN(C)CC1. The van der Waals surface area contributed by atoms with E-state index in [-0.39, 0.29) is 18.4 Å². The van der Waals surface area contributed by atoms with Crippen LogP contribution in [0.4, 0.5) is 0 Å². The van der Waals surface area contributed by atoms with Crippen LogP contribution in [-0.4, -0.2) is 94.5 Å². The van der Waals surface area contributed by atoms with Crippen molar-refractivity contribution < 1.29 is 9.59 Å². The van der Waals surface area contributed by atoms with Crippen LogP contribution in [0.3, 0.4) is 0 Å². The van der Waals surface area contributed by atoms with Gasteiger partial charge < -0.3 is 19.7 Å². The van der Waals surface area contributed by atoms with Crippen LogP contribution in [0.15, 0.2) is 54.6 Å². The Balaban J connectivity index is 1.21. The van der Waals surface area contributed by atoms with Gasteiger partial charge in [-0.05, 0) is 57.6 Å². The molecule has 2 aliphatic heterocycles. The van der Waals surface area contributed by atoms with Crippen molar-refractivity contribution in [1.82, 2.24) is 29.6 Å². The molecular formula is C28H36N6O2. The molecule has 0 bridgehead atoms. The van der Waals surface area contributed by atoms with Gasteiger partial charge in [-0.1, -0.05) is 42.5 Å². The van der Waals surface area contributed by atoms with Gasteiger partial charge in [0.2, 0.25) is 5.91 Å². The van der Waals surface area contributed by atoms with Gasteiger partial charge in [-0.15, -0.1) is 0 Å². The number of benzene rings is 2. The molecular weight excluding hydrogens is 452 g/mol. The van der Waals surface area contributed by atoms with E-state index in [2.05, 4.69) is 34.1 Å². The maximum atomic E-state index is 13.2. The molecule has 8 heteroatoms. The zero-order valence-corrected chi connectivity index (χ0v) is 21.3. The number of imidazole rings is 1. The monoisotopic (exact) mass is 488 g/mol.